The lowest BCUT2D eigenvalue weighted by Gasteiger charge is -2.24. The van der Waals surface area contributed by atoms with Crippen LogP contribution in [0.5, 0.6) is 11.5 Å². The van der Waals surface area contributed by atoms with Crippen LogP contribution in [0.1, 0.15) is 20.3 Å². The van der Waals surface area contributed by atoms with E-state index in [0.717, 1.165) is 31.0 Å². The first-order chi connectivity index (χ1) is 9.09. The van der Waals surface area contributed by atoms with Gasteiger partial charge in [-0.3, -0.25) is 0 Å². The zero-order valence-corrected chi connectivity index (χ0v) is 12.1. The molecule has 0 aliphatic rings. The molecule has 0 saturated heterocycles. The molecule has 0 heterocycles. The monoisotopic (exact) mass is 267 g/mol. The highest BCUT2D eigenvalue weighted by Crippen LogP contribution is 2.25. The topological polar surface area (TPSA) is 50.7 Å². The molecule has 0 saturated carbocycles. The maximum absolute atomic E-state index is 8.94. The lowest BCUT2D eigenvalue weighted by molar-refractivity contribution is 0.203. The van der Waals surface area contributed by atoms with E-state index in [4.69, 9.17) is 14.6 Å². The van der Waals surface area contributed by atoms with Crippen molar-refractivity contribution in [3.8, 4) is 11.5 Å². The summed E-state index contributed by atoms with van der Waals surface area (Å²) in [5, 5.41) is 12.3. The summed E-state index contributed by atoms with van der Waals surface area (Å²) >= 11 is 0. The number of para-hydroxylation sites is 2. The van der Waals surface area contributed by atoms with Crippen molar-refractivity contribution >= 4 is 0 Å². The van der Waals surface area contributed by atoms with Crippen LogP contribution in [0.15, 0.2) is 24.3 Å². The summed E-state index contributed by atoms with van der Waals surface area (Å²) in [7, 11) is 1.64. The Hall–Kier alpha value is -1.26. The van der Waals surface area contributed by atoms with Crippen LogP contribution in [0.4, 0.5) is 0 Å². The highest BCUT2D eigenvalue weighted by molar-refractivity contribution is 5.39. The molecule has 0 atom stereocenters. The van der Waals surface area contributed by atoms with Gasteiger partial charge in [-0.05, 0) is 24.0 Å². The number of methoxy groups -OCH3 is 1. The zero-order valence-electron chi connectivity index (χ0n) is 12.1. The van der Waals surface area contributed by atoms with Crippen LogP contribution in [-0.2, 0) is 0 Å². The van der Waals surface area contributed by atoms with Crippen LogP contribution in [0.3, 0.4) is 0 Å². The van der Waals surface area contributed by atoms with Gasteiger partial charge in [0.05, 0.1) is 7.11 Å². The smallest absolute Gasteiger partial charge is 0.161 e. The molecule has 4 heteroatoms. The van der Waals surface area contributed by atoms with Crippen molar-refractivity contribution in [2.24, 2.45) is 5.41 Å². The van der Waals surface area contributed by atoms with Gasteiger partial charge in [-0.1, -0.05) is 26.0 Å². The molecular formula is C15H25NO3. The van der Waals surface area contributed by atoms with E-state index < -0.39 is 0 Å². The fraction of sp³-hybridized carbons (Fsp3) is 0.600. The highest BCUT2D eigenvalue weighted by Gasteiger charge is 2.16. The van der Waals surface area contributed by atoms with Gasteiger partial charge < -0.3 is 19.9 Å². The predicted molar refractivity (Wildman–Crippen MR) is 76.8 cm³/mol. The van der Waals surface area contributed by atoms with Crippen LogP contribution >= 0.6 is 0 Å². The van der Waals surface area contributed by atoms with E-state index in [2.05, 4.69) is 19.2 Å². The fourth-order valence-electron chi connectivity index (χ4n) is 1.79. The summed E-state index contributed by atoms with van der Waals surface area (Å²) in [6, 6.07) is 7.62. The van der Waals surface area contributed by atoms with E-state index in [-0.39, 0.29) is 12.0 Å². The van der Waals surface area contributed by atoms with Gasteiger partial charge in [-0.2, -0.15) is 0 Å². The number of rotatable bonds is 9. The van der Waals surface area contributed by atoms with Gasteiger partial charge in [0.2, 0.25) is 0 Å². The first-order valence-electron chi connectivity index (χ1n) is 6.66. The maximum Gasteiger partial charge on any atom is 0.161 e. The summed E-state index contributed by atoms with van der Waals surface area (Å²) in [6.07, 6.45) is 0.799. The normalized spacial score (nSPS) is 11.4. The summed E-state index contributed by atoms with van der Waals surface area (Å²) in [5.74, 6) is 1.52. The Morgan fingerprint density at radius 1 is 1.21 bits per heavy atom. The van der Waals surface area contributed by atoms with Crippen LogP contribution in [-0.4, -0.2) is 38.5 Å². The minimum Gasteiger partial charge on any atom is -0.493 e. The zero-order chi connectivity index (χ0) is 14.1. The van der Waals surface area contributed by atoms with Gasteiger partial charge in [0.15, 0.2) is 11.5 Å². The van der Waals surface area contributed by atoms with Crippen LogP contribution in [0, 0.1) is 5.41 Å². The van der Waals surface area contributed by atoms with E-state index in [1.807, 2.05) is 24.3 Å². The van der Waals surface area contributed by atoms with Crippen molar-refractivity contribution in [1.82, 2.24) is 5.32 Å². The average molecular weight is 267 g/mol. The second kappa shape index (κ2) is 8.02. The van der Waals surface area contributed by atoms with Gasteiger partial charge in [-0.25, -0.2) is 0 Å². The Morgan fingerprint density at radius 3 is 2.53 bits per heavy atom. The number of hydrogen-bond acceptors (Lipinski definition) is 4. The molecule has 0 fully saturated rings. The van der Waals surface area contributed by atoms with Crippen molar-refractivity contribution < 1.29 is 14.6 Å². The van der Waals surface area contributed by atoms with Crippen LogP contribution < -0.4 is 14.8 Å². The van der Waals surface area contributed by atoms with Crippen molar-refractivity contribution in [2.75, 3.05) is 33.4 Å². The maximum atomic E-state index is 8.94. The number of hydrogen-bond donors (Lipinski definition) is 2. The first-order valence-corrected chi connectivity index (χ1v) is 6.66. The lowest BCUT2D eigenvalue weighted by atomic mass is 9.90. The van der Waals surface area contributed by atoms with E-state index in [9.17, 15) is 0 Å². The molecule has 2 N–H and O–H groups in total. The highest BCUT2D eigenvalue weighted by atomic mass is 16.5. The Kier molecular flexibility index (Phi) is 6.67. The van der Waals surface area contributed by atoms with E-state index in [1.165, 1.54) is 0 Å². The second-order valence-corrected chi connectivity index (χ2v) is 5.31. The first kappa shape index (κ1) is 15.8. The van der Waals surface area contributed by atoms with Gasteiger partial charge >= 0.3 is 0 Å². The van der Waals surface area contributed by atoms with E-state index in [1.54, 1.807) is 7.11 Å². The third-order valence-corrected chi connectivity index (χ3v) is 3.00. The number of ether oxygens (including phenoxy) is 2. The molecule has 19 heavy (non-hydrogen) atoms. The Balaban J connectivity index is 2.24. The van der Waals surface area contributed by atoms with Gasteiger partial charge in [0.1, 0.15) is 6.61 Å². The molecule has 0 radical (unpaired) electrons. The summed E-state index contributed by atoms with van der Waals surface area (Å²) in [6.45, 7) is 6.73. The SMILES string of the molecule is COc1ccccc1OCCNCC(C)(C)CCO. The second-order valence-electron chi connectivity index (χ2n) is 5.31. The van der Waals surface area contributed by atoms with Gasteiger partial charge in [-0.15, -0.1) is 0 Å². The average Bonchev–Trinajstić information content (AvgIpc) is 2.38. The molecule has 0 aliphatic heterocycles. The molecular weight excluding hydrogens is 242 g/mol. The van der Waals surface area contributed by atoms with Crippen LogP contribution in [0.2, 0.25) is 0 Å². The number of benzene rings is 1. The molecule has 1 rings (SSSR count). The van der Waals surface area contributed by atoms with Gasteiger partial charge in [0.25, 0.3) is 0 Å². The Labute approximate surface area is 115 Å². The number of nitrogens with one attached hydrogen (secondary N) is 1. The molecule has 1 aromatic rings. The molecule has 0 spiro atoms. The van der Waals surface area contributed by atoms with Crippen molar-refractivity contribution in [1.29, 1.82) is 0 Å². The quantitative estimate of drug-likeness (QED) is 0.673. The number of aliphatic hydroxyl groups excluding tert-OH is 1. The molecule has 0 aliphatic carbocycles. The standard InChI is InChI=1S/C15H25NO3/c1-15(2,8-10-17)12-16-9-11-19-14-7-5-4-6-13(14)18-3/h4-7,16-17H,8-12H2,1-3H3. The van der Waals surface area contributed by atoms with Crippen molar-refractivity contribution in [3.63, 3.8) is 0 Å². The molecule has 0 aromatic heterocycles. The molecule has 1 aromatic carbocycles. The minimum atomic E-state index is 0.110. The predicted octanol–water partition coefficient (Wildman–Crippen LogP) is 2.07. The van der Waals surface area contributed by atoms with Crippen molar-refractivity contribution in [3.05, 3.63) is 24.3 Å². The summed E-state index contributed by atoms with van der Waals surface area (Å²) in [4.78, 5) is 0. The number of aliphatic hydroxyl groups is 1. The fourth-order valence-corrected chi connectivity index (χ4v) is 1.79. The third-order valence-electron chi connectivity index (χ3n) is 3.00. The largest absolute Gasteiger partial charge is 0.493 e. The van der Waals surface area contributed by atoms with E-state index >= 15 is 0 Å². The molecule has 0 unspecified atom stereocenters. The Bertz CT molecular complexity index is 366. The summed E-state index contributed by atoms with van der Waals surface area (Å²) < 4.78 is 10.9. The van der Waals surface area contributed by atoms with Crippen molar-refractivity contribution in [2.45, 2.75) is 20.3 Å². The molecule has 108 valence electrons. The van der Waals surface area contributed by atoms with Gasteiger partial charge in [0, 0.05) is 19.7 Å². The lowest BCUT2D eigenvalue weighted by Crippen LogP contribution is -2.32. The Morgan fingerprint density at radius 2 is 1.89 bits per heavy atom. The molecule has 0 amide bonds. The summed E-state index contributed by atoms with van der Waals surface area (Å²) in [5.41, 5.74) is 0.110. The third kappa shape index (κ3) is 5.94. The minimum absolute atomic E-state index is 0.110. The molecule has 4 nitrogen and oxygen atoms in total. The van der Waals surface area contributed by atoms with Crippen LogP contribution in [0.25, 0.3) is 0 Å². The molecule has 0 bridgehead atoms. The van der Waals surface area contributed by atoms with E-state index in [0.29, 0.717) is 6.61 Å².